The largest absolute Gasteiger partial charge is 0.486 e. The highest BCUT2D eigenvalue weighted by Gasteiger charge is 2.22. The summed E-state index contributed by atoms with van der Waals surface area (Å²) in [7, 11) is 0. The maximum absolute atomic E-state index is 12.2. The monoisotopic (exact) mass is 424 g/mol. The molecule has 0 aliphatic carbocycles. The summed E-state index contributed by atoms with van der Waals surface area (Å²) >= 11 is 0. The number of ether oxygens (including phenoxy) is 3. The summed E-state index contributed by atoms with van der Waals surface area (Å²) in [5, 5.41) is 5.41. The maximum atomic E-state index is 12.2. The van der Waals surface area contributed by atoms with Gasteiger partial charge in [-0.15, -0.1) is 0 Å². The van der Waals surface area contributed by atoms with E-state index in [0.717, 1.165) is 5.39 Å². The van der Waals surface area contributed by atoms with Gasteiger partial charge in [0.05, 0.1) is 6.54 Å². The lowest BCUT2D eigenvalue weighted by molar-refractivity contribution is -0.123. The van der Waals surface area contributed by atoms with Crippen molar-refractivity contribution in [3.8, 4) is 11.5 Å². The molecule has 2 heterocycles. The van der Waals surface area contributed by atoms with E-state index in [4.69, 9.17) is 18.6 Å². The molecule has 0 radical (unpaired) electrons. The van der Waals surface area contributed by atoms with Crippen molar-refractivity contribution in [2.75, 3.05) is 19.8 Å². The fourth-order valence-electron chi connectivity index (χ4n) is 3.14. The van der Waals surface area contributed by atoms with Crippen LogP contribution in [0, 0.1) is 6.92 Å². The van der Waals surface area contributed by atoms with Crippen molar-refractivity contribution in [1.82, 2.24) is 10.6 Å². The molecule has 1 atom stereocenters. The lowest BCUT2D eigenvalue weighted by Gasteiger charge is -2.26. The first kappa shape index (κ1) is 20.3. The smallest absolute Gasteiger partial charge is 0.375 e. The molecule has 0 spiro atoms. The number of nitrogens with one attached hydrogen (secondary N) is 2. The van der Waals surface area contributed by atoms with E-state index in [-0.39, 0.29) is 18.9 Å². The highest BCUT2D eigenvalue weighted by atomic mass is 16.6. The third-order valence-electron chi connectivity index (χ3n) is 4.67. The number of benzene rings is 2. The van der Waals surface area contributed by atoms with Crippen LogP contribution in [0.5, 0.6) is 11.5 Å². The number of urea groups is 1. The summed E-state index contributed by atoms with van der Waals surface area (Å²) in [4.78, 5) is 36.1. The molecule has 2 N–H and O–H groups in total. The van der Waals surface area contributed by atoms with Crippen LogP contribution in [-0.2, 0) is 9.53 Å². The Hall–Kier alpha value is -4.01. The van der Waals surface area contributed by atoms with Gasteiger partial charge in [0.25, 0.3) is 5.91 Å². The Balaban J connectivity index is 1.22. The fraction of sp³-hybridized carbons (Fsp3) is 0.227. The fourth-order valence-corrected chi connectivity index (χ4v) is 3.14. The minimum atomic E-state index is -0.782. The summed E-state index contributed by atoms with van der Waals surface area (Å²) < 4.78 is 21.7. The zero-order valence-corrected chi connectivity index (χ0v) is 16.7. The van der Waals surface area contributed by atoms with E-state index in [9.17, 15) is 14.4 Å². The van der Waals surface area contributed by atoms with Gasteiger partial charge in [-0.1, -0.05) is 30.3 Å². The van der Waals surface area contributed by atoms with Crippen molar-refractivity contribution >= 4 is 28.9 Å². The molecule has 0 saturated heterocycles. The van der Waals surface area contributed by atoms with Gasteiger partial charge in [0.1, 0.15) is 12.2 Å². The van der Waals surface area contributed by atoms with Crippen molar-refractivity contribution in [3.63, 3.8) is 0 Å². The molecule has 1 aliphatic heterocycles. The van der Waals surface area contributed by atoms with Crippen molar-refractivity contribution in [3.05, 3.63) is 59.9 Å². The molecule has 9 nitrogen and oxygen atoms in total. The number of amides is 3. The zero-order valence-electron chi connectivity index (χ0n) is 16.7. The number of para-hydroxylation sites is 3. The Bertz CT molecular complexity index is 1140. The van der Waals surface area contributed by atoms with E-state index in [2.05, 4.69) is 10.6 Å². The van der Waals surface area contributed by atoms with Gasteiger partial charge in [-0.25, -0.2) is 9.59 Å². The molecule has 0 saturated carbocycles. The number of carbonyl (C=O) groups is 3. The molecule has 0 fully saturated rings. The standard InChI is InChI=1S/C22H20N2O7/c1-13-15-6-2-3-7-16(15)31-20(13)21(26)29-12-19(25)24-22(27)23-10-14-11-28-17-8-4-5-9-18(17)30-14/h2-9,14H,10-12H2,1H3,(H2,23,24,25,27). The van der Waals surface area contributed by atoms with E-state index in [1.807, 2.05) is 24.3 Å². The van der Waals surface area contributed by atoms with Crippen molar-refractivity contribution < 1.29 is 33.0 Å². The summed E-state index contributed by atoms with van der Waals surface area (Å²) in [6.45, 7) is 1.50. The number of furan rings is 1. The van der Waals surface area contributed by atoms with Crippen LogP contribution in [0.25, 0.3) is 11.0 Å². The van der Waals surface area contributed by atoms with Crippen LogP contribution in [0.2, 0.25) is 0 Å². The first-order chi connectivity index (χ1) is 15.0. The van der Waals surface area contributed by atoms with Gasteiger partial charge < -0.3 is 23.9 Å². The van der Waals surface area contributed by atoms with Crippen LogP contribution in [0.15, 0.2) is 52.9 Å². The second kappa shape index (κ2) is 8.78. The number of aryl methyl sites for hydroxylation is 1. The number of esters is 1. The van der Waals surface area contributed by atoms with Gasteiger partial charge in [-0.2, -0.15) is 0 Å². The first-order valence-corrected chi connectivity index (χ1v) is 9.62. The molecule has 3 aromatic rings. The Kier molecular flexibility index (Phi) is 5.74. The zero-order chi connectivity index (χ0) is 21.8. The molecule has 1 unspecified atom stereocenters. The van der Waals surface area contributed by atoms with Gasteiger partial charge in [-0.05, 0) is 25.1 Å². The molecular weight excluding hydrogens is 404 g/mol. The van der Waals surface area contributed by atoms with E-state index in [1.165, 1.54) is 0 Å². The Morgan fingerprint density at radius 3 is 2.61 bits per heavy atom. The minimum Gasteiger partial charge on any atom is -0.486 e. The number of imide groups is 1. The van der Waals surface area contributed by atoms with E-state index < -0.39 is 30.6 Å². The Morgan fingerprint density at radius 2 is 1.81 bits per heavy atom. The number of fused-ring (bicyclic) bond motifs is 2. The minimum absolute atomic E-state index is 0.0215. The number of rotatable bonds is 5. The highest BCUT2D eigenvalue weighted by molar-refractivity contribution is 5.98. The summed E-state index contributed by atoms with van der Waals surface area (Å²) in [5.74, 6) is -0.306. The van der Waals surface area contributed by atoms with Gasteiger partial charge in [-0.3, -0.25) is 10.1 Å². The first-order valence-electron chi connectivity index (χ1n) is 9.62. The second-order valence-corrected chi connectivity index (χ2v) is 6.88. The lowest BCUT2D eigenvalue weighted by Crippen LogP contribution is -2.46. The third kappa shape index (κ3) is 4.61. The van der Waals surface area contributed by atoms with Crippen LogP contribution in [0.1, 0.15) is 16.1 Å². The van der Waals surface area contributed by atoms with Crippen molar-refractivity contribution in [1.29, 1.82) is 0 Å². The van der Waals surface area contributed by atoms with Crippen LogP contribution in [0.4, 0.5) is 4.79 Å². The third-order valence-corrected chi connectivity index (χ3v) is 4.67. The lowest BCUT2D eigenvalue weighted by atomic mass is 10.1. The molecular formula is C22H20N2O7. The van der Waals surface area contributed by atoms with Gasteiger partial charge in [0.2, 0.25) is 5.76 Å². The average Bonchev–Trinajstić information content (AvgIpc) is 3.12. The van der Waals surface area contributed by atoms with Gasteiger partial charge >= 0.3 is 12.0 Å². The maximum Gasteiger partial charge on any atom is 0.375 e. The topological polar surface area (TPSA) is 116 Å². The van der Waals surface area contributed by atoms with Crippen LogP contribution in [-0.4, -0.2) is 43.8 Å². The summed E-state index contributed by atoms with van der Waals surface area (Å²) in [5.41, 5.74) is 1.17. The molecule has 2 aromatic carbocycles. The number of hydrogen-bond donors (Lipinski definition) is 2. The van der Waals surface area contributed by atoms with Gasteiger partial charge in [0.15, 0.2) is 24.2 Å². The predicted octanol–water partition coefficient (Wildman–Crippen LogP) is 2.56. The second-order valence-electron chi connectivity index (χ2n) is 6.88. The average molecular weight is 424 g/mol. The summed E-state index contributed by atoms with van der Waals surface area (Å²) in [6, 6.07) is 13.6. The number of hydrogen-bond acceptors (Lipinski definition) is 7. The van der Waals surface area contributed by atoms with Crippen LogP contribution in [0.3, 0.4) is 0 Å². The van der Waals surface area contributed by atoms with Crippen LogP contribution >= 0.6 is 0 Å². The Labute approximate surface area is 177 Å². The Morgan fingerprint density at radius 1 is 1.06 bits per heavy atom. The van der Waals surface area contributed by atoms with E-state index >= 15 is 0 Å². The SMILES string of the molecule is Cc1c(C(=O)OCC(=O)NC(=O)NCC2COc3ccccc3O2)oc2ccccc12. The van der Waals surface area contributed by atoms with E-state index in [0.29, 0.717) is 22.6 Å². The van der Waals surface area contributed by atoms with Crippen molar-refractivity contribution in [2.24, 2.45) is 0 Å². The highest BCUT2D eigenvalue weighted by Crippen LogP contribution is 2.30. The normalized spacial score (nSPS) is 14.7. The molecule has 31 heavy (non-hydrogen) atoms. The molecule has 0 bridgehead atoms. The van der Waals surface area contributed by atoms with Crippen LogP contribution < -0.4 is 20.1 Å². The van der Waals surface area contributed by atoms with Crippen molar-refractivity contribution in [2.45, 2.75) is 13.0 Å². The van der Waals surface area contributed by atoms with E-state index in [1.54, 1.807) is 31.2 Å². The molecule has 160 valence electrons. The molecule has 9 heteroatoms. The number of carbonyl (C=O) groups excluding carboxylic acids is 3. The summed E-state index contributed by atoms with van der Waals surface area (Å²) in [6.07, 6.45) is -0.398. The molecule has 1 aliphatic rings. The molecule has 1 aromatic heterocycles. The predicted molar refractivity (Wildman–Crippen MR) is 109 cm³/mol. The molecule has 4 rings (SSSR count). The molecule has 3 amide bonds. The van der Waals surface area contributed by atoms with Gasteiger partial charge in [0, 0.05) is 10.9 Å². The quantitative estimate of drug-likeness (QED) is 0.605.